The maximum Gasteiger partial charge on any atom is 0.249 e. The fourth-order valence-corrected chi connectivity index (χ4v) is 9.19. The number of nitrogens with one attached hydrogen (secondary N) is 1. The Hall–Kier alpha value is -0.910. The molecule has 5 nitrogen and oxygen atoms in total. The smallest absolute Gasteiger partial charge is 0.249 e. The van der Waals surface area contributed by atoms with Crippen LogP contribution in [0.3, 0.4) is 0 Å². The monoisotopic (exact) mass is 876 g/mol. The van der Waals surface area contributed by atoms with Gasteiger partial charge in [-0.25, -0.2) is 0 Å². The van der Waals surface area contributed by atoms with E-state index < -0.39 is 24.2 Å². The van der Waals surface area contributed by atoms with Gasteiger partial charge in [-0.1, -0.05) is 315 Å². The number of aliphatic hydroxyl groups is 3. The highest BCUT2D eigenvalue weighted by molar-refractivity contribution is 5.80. The molecule has 3 unspecified atom stereocenters. The molecule has 0 bridgehead atoms. The van der Waals surface area contributed by atoms with Crippen molar-refractivity contribution < 1.29 is 20.1 Å². The lowest BCUT2D eigenvalue weighted by Crippen LogP contribution is -2.48. The summed E-state index contributed by atoms with van der Waals surface area (Å²) in [6.07, 6.45) is 65.8. The topological polar surface area (TPSA) is 89.8 Å². The van der Waals surface area contributed by atoms with Gasteiger partial charge in [-0.3, -0.25) is 4.79 Å². The molecule has 0 aromatic heterocycles. The number of unbranched alkanes of at least 4 members (excludes halogenated alkanes) is 45. The minimum absolute atomic E-state index is 0.358. The lowest BCUT2D eigenvalue weighted by molar-refractivity contribution is -0.131. The van der Waals surface area contributed by atoms with Crippen molar-refractivity contribution in [2.24, 2.45) is 0 Å². The predicted octanol–water partition coefficient (Wildman–Crippen LogP) is 17.5. The number of amides is 1. The van der Waals surface area contributed by atoms with Crippen LogP contribution < -0.4 is 5.32 Å². The molecule has 0 spiro atoms. The average molecular weight is 877 g/mol. The van der Waals surface area contributed by atoms with E-state index in [9.17, 15) is 20.1 Å². The Labute approximate surface area is 389 Å². The van der Waals surface area contributed by atoms with Crippen LogP contribution in [0.15, 0.2) is 12.2 Å². The van der Waals surface area contributed by atoms with Gasteiger partial charge in [0, 0.05) is 0 Å². The molecule has 0 aliphatic carbocycles. The van der Waals surface area contributed by atoms with Gasteiger partial charge in [0.1, 0.15) is 6.10 Å². The van der Waals surface area contributed by atoms with Crippen molar-refractivity contribution in [1.29, 1.82) is 0 Å². The average Bonchev–Trinajstić information content (AvgIpc) is 3.28. The highest BCUT2D eigenvalue weighted by atomic mass is 16.3. The van der Waals surface area contributed by atoms with Gasteiger partial charge in [0.2, 0.25) is 5.91 Å². The van der Waals surface area contributed by atoms with Crippen LogP contribution in [0.4, 0.5) is 0 Å². The van der Waals surface area contributed by atoms with E-state index in [0.717, 1.165) is 32.1 Å². The van der Waals surface area contributed by atoms with Gasteiger partial charge in [0.25, 0.3) is 0 Å². The Kier molecular flexibility index (Phi) is 51.9. The maximum atomic E-state index is 12.6. The quantitative estimate of drug-likeness (QED) is 0.0362. The summed E-state index contributed by atoms with van der Waals surface area (Å²) in [5.74, 6) is -0.495. The first-order valence-corrected chi connectivity index (χ1v) is 28.5. The molecule has 3 atom stereocenters. The van der Waals surface area contributed by atoms with Crippen molar-refractivity contribution in [1.82, 2.24) is 5.32 Å². The third-order valence-corrected chi connectivity index (χ3v) is 13.6. The Bertz CT molecular complexity index is 879. The van der Waals surface area contributed by atoms with Crippen LogP contribution in [0.1, 0.15) is 322 Å². The molecule has 1 amide bonds. The van der Waals surface area contributed by atoms with E-state index in [1.807, 2.05) is 6.08 Å². The van der Waals surface area contributed by atoms with Crippen molar-refractivity contribution in [3.63, 3.8) is 0 Å². The largest absolute Gasteiger partial charge is 0.394 e. The highest BCUT2D eigenvalue weighted by Crippen LogP contribution is 2.18. The first-order valence-electron chi connectivity index (χ1n) is 28.5. The molecule has 0 heterocycles. The Morgan fingerprint density at radius 1 is 0.387 bits per heavy atom. The van der Waals surface area contributed by atoms with E-state index in [1.165, 1.54) is 270 Å². The summed E-state index contributed by atoms with van der Waals surface area (Å²) in [5.41, 5.74) is 0. The molecule has 0 aliphatic rings. The van der Waals surface area contributed by atoms with Gasteiger partial charge in [-0.15, -0.1) is 0 Å². The van der Waals surface area contributed by atoms with Gasteiger partial charge < -0.3 is 20.6 Å². The molecule has 4 N–H and O–H groups in total. The van der Waals surface area contributed by atoms with E-state index >= 15 is 0 Å². The normalized spacial score (nSPS) is 13.3. The van der Waals surface area contributed by atoms with Crippen LogP contribution in [-0.4, -0.2) is 46.1 Å². The summed E-state index contributed by atoms with van der Waals surface area (Å²) in [6.45, 7) is 4.23. The second kappa shape index (κ2) is 52.7. The molecule has 370 valence electrons. The molecular weight excluding hydrogens is 763 g/mol. The van der Waals surface area contributed by atoms with Gasteiger partial charge >= 0.3 is 0 Å². The zero-order valence-corrected chi connectivity index (χ0v) is 42.3. The molecule has 5 heteroatoms. The van der Waals surface area contributed by atoms with Crippen molar-refractivity contribution >= 4 is 5.91 Å². The lowest BCUT2D eigenvalue weighted by Gasteiger charge is -2.21. The third kappa shape index (κ3) is 47.1. The van der Waals surface area contributed by atoms with Crippen molar-refractivity contribution in [3.8, 4) is 0 Å². The van der Waals surface area contributed by atoms with E-state index in [0.29, 0.717) is 6.42 Å². The Balaban J connectivity index is 3.54. The Morgan fingerprint density at radius 3 is 0.887 bits per heavy atom. The third-order valence-electron chi connectivity index (χ3n) is 13.6. The summed E-state index contributed by atoms with van der Waals surface area (Å²) >= 11 is 0. The lowest BCUT2D eigenvalue weighted by atomic mass is 10.0. The standard InChI is InChI=1S/C57H113NO4/c1-3-5-7-9-11-13-15-17-19-21-23-25-27-28-30-31-33-35-37-39-41-43-45-47-49-51-55(60)54(53-59)58-57(62)56(61)52-50-48-46-44-42-40-38-36-34-32-29-26-24-22-20-18-16-14-12-10-8-6-4-2/h49,51,54-56,59-61H,3-48,50,52-53H2,1-2H3,(H,58,62)/b51-49+. The molecular formula is C57H113NO4. The fourth-order valence-electron chi connectivity index (χ4n) is 9.19. The maximum absolute atomic E-state index is 12.6. The summed E-state index contributed by atoms with van der Waals surface area (Å²) in [7, 11) is 0. The van der Waals surface area contributed by atoms with Crippen LogP contribution >= 0.6 is 0 Å². The second-order valence-corrected chi connectivity index (χ2v) is 19.9. The Morgan fingerprint density at radius 2 is 0.629 bits per heavy atom. The van der Waals surface area contributed by atoms with Gasteiger partial charge in [-0.2, -0.15) is 0 Å². The van der Waals surface area contributed by atoms with Gasteiger partial charge in [0.05, 0.1) is 18.8 Å². The van der Waals surface area contributed by atoms with E-state index in [-0.39, 0.29) is 6.61 Å². The van der Waals surface area contributed by atoms with E-state index in [4.69, 9.17) is 0 Å². The number of carbonyl (C=O) groups is 1. The summed E-state index contributed by atoms with van der Waals surface area (Å²) in [6, 6.07) is -0.794. The zero-order valence-electron chi connectivity index (χ0n) is 42.3. The summed E-state index contributed by atoms with van der Waals surface area (Å²) < 4.78 is 0. The molecule has 0 aromatic rings. The number of carbonyl (C=O) groups excluding carboxylic acids is 1. The minimum atomic E-state index is -1.09. The van der Waals surface area contributed by atoms with Crippen LogP contribution in [0, 0.1) is 0 Å². The van der Waals surface area contributed by atoms with Crippen LogP contribution in [0.5, 0.6) is 0 Å². The van der Waals surface area contributed by atoms with Crippen molar-refractivity contribution in [2.75, 3.05) is 6.61 Å². The number of hydrogen-bond donors (Lipinski definition) is 4. The number of allylic oxidation sites excluding steroid dienone is 1. The molecule has 0 rings (SSSR count). The first-order chi connectivity index (χ1) is 30.6. The number of aliphatic hydroxyl groups excluding tert-OH is 3. The van der Waals surface area contributed by atoms with Crippen LogP contribution in [0.2, 0.25) is 0 Å². The SMILES string of the molecule is CCCCCCCCCCCCCCCCCCCCCCCCC/C=C/C(O)C(CO)NC(=O)C(O)CCCCCCCCCCCCCCCCCCCCCCCCC. The molecule has 62 heavy (non-hydrogen) atoms. The molecule has 0 fully saturated rings. The molecule has 0 aliphatic heterocycles. The predicted molar refractivity (Wildman–Crippen MR) is 273 cm³/mol. The summed E-state index contributed by atoms with van der Waals surface area (Å²) in [4.78, 5) is 12.6. The number of rotatable bonds is 53. The van der Waals surface area contributed by atoms with Crippen LogP contribution in [-0.2, 0) is 4.79 Å². The number of hydrogen-bond acceptors (Lipinski definition) is 4. The summed E-state index contributed by atoms with van der Waals surface area (Å²) in [5, 5.41) is 33.4. The van der Waals surface area contributed by atoms with Crippen LogP contribution in [0.25, 0.3) is 0 Å². The zero-order chi connectivity index (χ0) is 45.1. The molecule has 0 saturated heterocycles. The molecule has 0 radical (unpaired) electrons. The molecule has 0 aromatic carbocycles. The van der Waals surface area contributed by atoms with Gasteiger partial charge in [-0.05, 0) is 19.3 Å². The van der Waals surface area contributed by atoms with Gasteiger partial charge in [0.15, 0.2) is 0 Å². The fraction of sp³-hybridized carbons (Fsp3) is 0.947. The minimum Gasteiger partial charge on any atom is -0.394 e. The highest BCUT2D eigenvalue weighted by Gasteiger charge is 2.22. The second-order valence-electron chi connectivity index (χ2n) is 19.9. The molecule has 0 saturated carbocycles. The van der Waals surface area contributed by atoms with E-state index in [2.05, 4.69) is 19.2 Å². The van der Waals surface area contributed by atoms with E-state index in [1.54, 1.807) is 6.08 Å². The van der Waals surface area contributed by atoms with Crippen molar-refractivity contribution in [3.05, 3.63) is 12.2 Å². The first kappa shape index (κ1) is 61.1. The van der Waals surface area contributed by atoms with Crippen molar-refractivity contribution in [2.45, 2.75) is 340 Å².